The maximum atomic E-state index is 12.5. The summed E-state index contributed by atoms with van der Waals surface area (Å²) in [5, 5.41) is 10.6. The van der Waals surface area contributed by atoms with Gasteiger partial charge in [0.25, 0.3) is 0 Å². The molecule has 3 aromatic rings. The van der Waals surface area contributed by atoms with Crippen molar-refractivity contribution >= 4 is 16.9 Å². The van der Waals surface area contributed by atoms with Gasteiger partial charge in [0.1, 0.15) is 0 Å². The number of fused-ring (bicyclic) bond motifs is 1. The third-order valence-corrected chi connectivity index (χ3v) is 4.34. The zero-order chi connectivity index (χ0) is 16.7. The maximum Gasteiger partial charge on any atom is 0.217 e. The molecule has 3 N–H and O–H groups in total. The molecule has 6 nitrogen and oxygen atoms in total. The van der Waals surface area contributed by atoms with E-state index in [1.165, 1.54) is 6.92 Å². The van der Waals surface area contributed by atoms with Crippen molar-refractivity contribution in [3.63, 3.8) is 0 Å². The number of pyridine rings is 1. The zero-order valence-electron chi connectivity index (χ0n) is 13.3. The molecule has 1 aliphatic carbocycles. The Balaban J connectivity index is 1.75. The van der Waals surface area contributed by atoms with E-state index in [1.807, 2.05) is 24.3 Å². The monoisotopic (exact) mass is 322 g/mol. The van der Waals surface area contributed by atoms with E-state index in [0.29, 0.717) is 29.2 Å². The van der Waals surface area contributed by atoms with Gasteiger partial charge in [0.2, 0.25) is 5.91 Å². The van der Waals surface area contributed by atoms with Crippen LogP contribution in [0, 0.1) is 0 Å². The summed E-state index contributed by atoms with van der Waals surface area (Å²) in [6, 6.07) is 9.43. The quantitative estimate of drug-likeness (QED) is 0.689. The summed E-state index contributed by atoms with van der Waals surface area (Å²) >= 11 is 0. The zero-order valence-corrected chi connectivity index (χ0v) is 13.3. The first kappa shape index (κ1) is 14.7. The average Bonchev–Trinajstić information content (AvgIpc) is 3.33. The van der Waals surface area contributed by atoms with E-state index in [4.69, 9.17) is 0 Å². The summed E-state index contributed by atoms with van der Waals surface area (Å²) in [4.78, 5) is 26.9. The van der Waals surface area contributed by atoms with Gasteiger partial charge in [-0.1, -0.05) is 18.2 Å². The van der Waals surface area contributed by atoms with Crippen LogP contribution in [0.4, 0.5) is 0 Å². The van der Waals surface area contributed by atoms with E-state index in [-0.39, 0.29) is 11.3 Å². The van der Waals surface area contributed by atoms with E-state index < -0.39 is 0 Å². The van der Waals surface area contributed by atoms with Gasteiger partial charge in [-0.2, -0.15) is 5.10 Å². The number of carbonyl (C=O) groups is 1. The first-order valence-electron chi connectivity index (χ1n) is 8.07. The van der Waals surface area contributed by atoms with Gasteiger partial charge in [-0.3, -0.25) is 14.7 Å². The van der Waals surface area contributed by atoms with Crippen LogP contribution in [0.15, 0.2) is 35.1 Å². The van der Waals surface area contributed by atoms with Crippen LogP contribution >= 0.6 is 0 Å². The van der Waals surface area contributed by atoms with Crippen molar-refractivity contribution in [1.29, 1.82) is 0 Å². The summed E-state index contributed by atoms with van der Waals surface area (Å²) < 4.78 is 0. The molecule has 6 heteroatoms. The molecular formula is C18H18N4O2. The molecule has 1 aliphatic rings. The molecule has 122 valence electrons. The lowest BCUT2D eigenvalue weighted by molar-refractivity contribution is -0.119. The Bertz CT molecular complexity index is 982. The topological polar surface area (TPSA) is 90.6 Å². The number of H-pyrrole nitrogens is 2. The van der Waals surface area contributed by atoms with Crippen molar-refractivity contribution in [2.45, 2.75) is 32.2 Å². The third-order valence-electron chi connectivity index (χ3n) is 4.34. The Labute approximate surface area is 138 Å². The lowest BCUT2D eigenvalue weighted by atomic mass is 10.1. The van der Waals surface area contributed by atoms with Crippen molar-refractivity contribution in [1.82, 2.24) is 20.5 Å². The highest BCUT2D eigenvalue weighted by Gasteiger charge is 2.26. The van der Waals surface area contributed by atoms with Gasteiger partial charge in [-0.15, -0.1) is 0 Å². The minimum absolute atomic E-state index is 0.0123. The number of aromatic amines is 2. The molecule has 0 bridgehead atoms. The summed E-state index contributed by atoms with van der Waals surface area (Å²) in [5.74, 6) is 0.402. The number of hydrogen-bond acceptors (Lipinski definition) is 3. The highest BCUT2D eigenvalue weighted by Crippen LogP contribution is 2.39. The van der Waals surface area contributed by atoms with Gasteiger partial charge in [0, 0.05) is 30.8 Å². The predicted octanol–water partition coefficient (Wildman–Crippen LogP) is 2.43. The normalized spacial score (nSPS) is 14.0. The van der Waals surface area contributed by atoms with Crippen LogP contribution in [-0.2, 0) is 11.3 Å². The highest BCUT2D eigenvalue weighted by atomic mass is 16.1. The molecule has 1 saturated carbocycles. The summed E-state index contributed by atoms with van der Waals surface area (Å²) in [7, 11) is 0. The number of nitrogens with zero attached hydrogens (tertiary/aromatic N) is 1. The Morgan fingerprint density at radius 3 is 2.92 bits per heavy atom. The number of carbonyl (C=O) groups excluding carboxylic acids is 1. The van der Waals surface area contributed by atoms with Crippen LogP contribution in [0.5, 0.6) is 0 Å². The lowest BCUT2D eigenvalue weighted by Gasteiger charge is -2.05. The largest absolute Gasteiger partial charge is 0.352 e. The molecule has 1 amide bonds. The van der Waals surface area contributed by atoms with Gasteiger partial charge in [0.05, 0.1) is 11.1 Å². The lowest BCUT2D eigenvalue weighted by Crippen LogP contribution is -2.18. The fraction of sp³-hybridized carbons (Fsp3) is 0.278. The van der Waals surface area contributed by atoms with Gasteiger partial charge in [-0.25, -0.2) is 0 Å². The maximum absolute atomic E-state index is 12.5. The van der Waals surface area contributed by atoms with Gasteiger partial charge in [-0.05, 0) is 30.4 Å². The SMILES string of the molecule is CC(=O)NCc1cccc(-c2[nH]nc3[nH]c(C4CC4)cc(=O)c23)c1. The van der Waals surface area contributed by atoms with E-state index in [2.05, 4.69) is 20.5 Å². The van der Waals surface area contributed by atoms with Crippen LogP contribution in [0.25, 0.3) is 22.3 Å². The molecular weight excluding hydrogens is 304 g/mol. The first-order valence-corrected chi connectivity index (χ1v) is 8.07. The van der Waals surface area contributed by atoms with Gasteiger partial charge < -0.3 is 10.3 Å². The summed E-state index contributed by atoms with van der Waals surface area (Å²) in [6.45, 7) is 1.95. The number of aromatic nitrogens is 3. The predicted molar refractivity (Wildman–Crippen MR) is 91.6 cm³/mol. The summed E-state index contributed by atoms with van der Waals surface area (Å²) in [5.41, 5.74) is 4.12. The van der Waals surface area contributed by atoms with Crippen LogP contribution in [-0.4, -0.2) is 21.1 Å². The third kappa shape index (κ3) is 2.71. The Hall–Kier alpha value is -2.89. The Morgan fingerprint density at radius 1 is 1.33 bits per heavy atom. The highest BCUT2D eigenvalue weighted by molar-refractivity contribution is 5.90. The molecule has 24 heavy (non-hydrogen) atoms. The Kier molecular flexibility index (Phi) is 3.45. The van der Waals surface area contributed by atoms with E-state index in [1.54, 1.807) is 6.07 Å². The molecule has 2 aromatic heterocycles. The van der Waals surface area contributed by atoms with Crippen LogP contribution in [0.1, 0.15) is 36.9 Å². The number of hydrogen-bond donors (Lipinski definition) is 3. The Morgan fingerprint density at radius 2 is 2.17 bits per heavy atom. The second-order valence-corrected chi connectivity index (χ2v) is 6.30. The van der Waals surface area contributed by atoms with Crippen molar-refractivity contribution in [2.75, 3.05) is 0 Å². The van der Waals surface area contributed by atoms with Crippen molar-refractivity contribution in [3.05, 3.63) is 51.8 Å². The molecule has 2 heterocycles. The van der Waals surface area contributed by atoms with Crippen molar-refractivity contribution in [3.8, 4) is 11.3 Å². The standard InChI is InChI=1S/C18H18N4O2/c1-10(23)19-9-11-3-2-4-13(7-11)17-16-15(24)8-14(12-5-6-12)20-18(16)22-21-17/h2-4,7-8,12H,5-6,9H2,1H3,(H,19,23)(H2,20,21,22,24). The number of benzene rings is 1. The molecule has 1 aromatic carbocycles. The second-order valence-electron chi connectivity index (χ2n) is 6.30. The number of nitrogens with one attached hydrogen (secondary N) is 3. The molecule has 0 saturated heterocycles. The van der Waals surface area contributed by atoms with E-state index in [0.717, 1.165) is 29.7 Å². The molecule has 4 rings (SSSR count). The fourth-order valence-corrected chi connectivity index (χ4v) is 2.95. The van der Waals surface area contributed by atoms with E-state index >= 15 is 0 Å². The minimum atomic E-state index is -0.0727. The molecule has 0 unspecified atom stereocenters. The molecule has 0 atom stereocenters. The van der Waals surface area contributed by atoms with E-state index in [9.17, 15) is 9.59 Å². The van der Waals surface area contributed by atoms with Crippen LogP contribution in [0.2, 0.25) is 0 Å². The van der Waals surface area contributed by atoms with Crippen LogP contribution in [0.3, 0.4) is 0 Å². The van der Waals surface area contributed by atoms with Crippen molar-refractivity contribution in [2.24, 2.45) is 0 Å². The second kappa shape index (κ2) is 5.63. The van der Waals surface area contributed by atoms with Crippen molar-refractivity contribution < 1.29 is 4.79 Å². The van der Waals surface area contributed by atoms with Gasteiger partial charge in [0.15, 0.2) is 11.1 Å². The summed E-state index contributed by atoms with van der Waals surface area (Å²) in [6.07, 6.45) is 2.26. The molecule has 1 fully saturated rings. The fourth-order valence-electron chi connectivity index (χ4n) is 2.95. The molecule has 0 aliphatic heterocycles. The van der Waals surface area contributed by atoms with Gasteiger partial charge >= 0.3 is 0 Å². The molecule has 0 radical (unpaired) electrons. The number of rotatable bonds is 4. The molecule has 0 spiro atoms. The smallest absolute Gasteiger partial charge is 0.217 e. The first-order chi connectivity index (χ1) is 11.6. The number of amides is 1. The average molecular weight is 322 g/mol. The van der Waals surface area contributed by atoms with Crippen LogP contribution < -0.4 is 10.7 Å². The minimum Gasteiger partial charge on any atom is -0.352 e.